The van der Waals surface area contributed by atoms with Crippen molar-refractivity contribution in [2.24, 2.45) is 11.7 Å². The Hall–Kier alpha value is -0.260. The van der Waals surface area contributed by atoms with Gasteiger partial charge >= 0.3 is 0 Å². The molecule has 5 heteroatoms. The highest BCUT2D eigenvalue weighted by atomic mass is 32.2. The van der Waals surface area contributed by atoms with Gasteiger partial charge in [-0.15, -0.1) is 0 Å². The van der Waals surface area contributed by atoms with Gasteiger partial charge in [-0.2, -0.15) is 11.8 Å². The van der Waals surface area contributed by atoms with Crippen molar-refractivity contribution in [2.75, 3.05) is 25.2 Å². The number of rotatable bonds is 7. The van der Waals surface area contributed by atoms with Crippen LogP contribution in [-0.4, -0.2) is 42.2 Å². The summed E-state index contributed by atoms with van der Waals surface area (Å²) in [4.78, 5) is 11.3. The van der Waals surface area contributed by atoms with Crippen LogP contribution in [0.1, 0.15) is 13.3 Å². The standard InChI is InChI=1S/C9H20N2O2S/c1-7(6-12)5-11-9(13)8(10)3-4-14-2/h7-8,12H,3-6,10H2,1-2H3,(H,11,13)/t7?,8-/m0/s1. The monoisotopic (exact) mass is 220 g/mol. The van der Waals surface area contributed by atoms with Crippen LogP contribution in [0.25, 0.3) is 0 Å². The van der Waals surface area contributed by atoms with E-state index in [0.29, 0.717) is 13.0 Å². The Bertz CT molecular complexity index is 167. The zero-order valence-corrected chi connectivity index (χ0v) is 9.64. The normalized spacial score (nSPS) is 14.9. The number of nitrogens with two attached hydrogens (primary N) is 1. The van der Waals surface area contributed by atoms with Crippen LogP contribution in [0, 0.1) is 5.92 Å². The summed E-state index contributed by atoms with van der Waals surface area (Å²) < 4.78 is 0. The molecule has 0 aliphatic heterocycles. The summed E-state index contributed by atoms with van der Waals surface area (Å²) in [5.41, 5.74) is 5.64. The summed E-state index contributed by atoms with van der Waals surface area (Å²) in [6, 6.07) is -0.423. The maximum atomic E-state index is 11.3. The Morgan fingerprint density at radius 1 is 1.64 bits per heavy atom. The highest BCUT2D eigenvalue weighted by Crippen LogP contribution is 1.99. The fourth-order valence-corrected chi connectivity index (χ4v) is 1.34. The highest BCUT2D eigenvalue weighted by molar-refractivity contribution is 7.98. The van der Waals surface area contributed by atoms with Crippen LogP contribution in [0.15, 0.2) is 0 Å². The summed E-state index contributed by atoms with van der Waals surface area (Å²) in [5.74, 6) is 0.857. The Morgan fingerprint density at radius 3 is 2.79 bits per heavy atom. The first-order valence-corrected chi connectivity index (χ1v) is 6.14. The fraction of sp³-hybridized carbons (Fsp3) is 0.889. The van der Waals surface area contributed by atoms with Crippen molar-refractivity contribution in [1.29, 1.82) is 0 Å². The fourth-order valence-electron chi connectivity index (χ4n) is 0.846. The molecule has 0 bridgehead atoms. The van der Waals surface area contributed by atoms with Crippen LogP contribution in [0.4, 0.5) is 0 Å². The number of amides is 1. The number of carbonyl (C=O) groups is 1. The molecular formula is C9H20N2O2S. The van der Waals surface area contributed by atoms with Gasteiger partial charge in [0.15, 0.2) is 0 Å². The van der Waals surface area contributed by atoms with E-state index in [1.807, 2.05) is 13.2 Å². The van der Waals surface area contributed by atoms with E-state index in [4.69, 9.17) is 10.8 Å². The third-order valence-corrected chi connectivity index (χ3v) is 2.55. The molecule has 0 rings (SSSR count). The molecule has 0 aliphatic rings. The van der Waals surface area contributed by atoms with Crippen molar-refractivity contribution in [3.63, 3.8) is 0 Å². The zero-order valence-electron chi connectivity index (χ0n) is 8.82. The molecule has 4 N–H and O–H groups in total. The second kappa shape index (κ2) is 8.08. The summed E-state index contributed by atoms with van der Waals surface area (Å²) in [7, 11) is 0. The predicted octanol–water partition coefficient (Wildman–Crippen LogP) is -0.189. The smallest absolute Gasteiger partial charge is 0.236 e. The van der Waals surface area contributed by atoms with E-state index in [1.165, 1.54) is 0 Å². The Kier molecular flexibility index (Phi) is 7.93. The van der Waals surface area contributed by atoms with Crippen molar-refractivity contribution in [2.45, 2.75) is 19.4 Å². The molecule has 14 heavy (non-hydrogen) atoms. The minimum Gasteiger partial charge on any atom is -0.396 e. The van der Waals surface area contributed by atoms with Gasteiger partial charge < -0.3 is 16.2 Å². The first-order valence-electron chi connectivity index (χ1n) is 4.74. The molecule has 4 nitrogen and oxygen atoms in total. The van der Waals surface area contributed by atoms with E-state index in [0.717, 1.165) is 5.75 Å². The first-order chi connectivity index (χ1) is 6.61. The number of thioether (sulfide) groups is 1. The molecule has 2 atom stereocenters. The average Bonchev–Trinajstić information content (AvgIpc) is 2.21. The van der Waals surface area contributed by atoms with Gasteiger partial charge in [0.25, 0.3) is 0 Å². The Labute approximate surface area is 89.6 Å². The van der Waals surface area contributed by atoms with Crippen LogP contribution in [-0.2, 0) is 4.79 Å². The molecule has 0 aromatic rings. The first kappa shape index (κ1) is 13.7. The van der Waals surface area contributed by atoms with Crippen molar-refractivity contribution in [3.8, 4) is 0 Å². The van der Waals surface area contributed by atoms with E-state index in [-0.39, 0.29) is 18.4 Å². The maximum absolute atomic E-state index is 11.3. The molecule has 0 heterocycles. The van der Waals surface area contributed by atoms with E-state index < -0.39 is 6.04 Å². The SMILES string of the molecule is CSCC[C@H](N)C(=O)NCC(C)CO. The van der Waals surface area contributed by atoms with Crippen molar-refractivity contribution >= 4 is 17.7 Å². The maximum Gasteiger partial charge on any atom is 0.236 e. The molecule has 0 spiro atoms. The van der Waals surface area contributed by atoms with Gasteiger partial charge in [0, 0.05) is 13.2 Å². The van der Waals surface area contributed by atoms with Gasteiger partial charge in [-0.1, -0.05) is 6.92 Å². The van der Waals surface area contributed by atoms with Gasteiger partial charge in [-0.05, 0) is 24.3 Å². The van der Waals surface area contributed by atoms with Crippen molar-refractivity contribution in [1.82, 2.24) is 5.32 Å². The molecular weight excluding hydrogens is 200 g/mol. The lowest BCUT2D eigenvalue weighted by atomic mass is 10.2. The zero-order chi connectivity index (χ0) is 11.0. The number of aliphatic hydroxyl groups is 1. The molecule has 0 radical (unpaired) electrons. The third kappa shape index (κ3) is 6.23. The highest BCUT2D eigenvalue weighted by Gasteiger charge is 2.12. The van der Waals surface area contributed by atoms with Gasteiger partial charge in [-0.3, -0.25) is 4.79 Å². The van der Waals surface area contributed by atoms with Crippen molar-refractivity contribution in [3.05, 3.63) is 0 Å². The second-order valence-electron chi connectivity index (χ2n) is 3.42. The van der Waals surface area contributed by atoms with Crippen molar-refractivity contribution < 1.29 is 9.90 Å². The molecule has 84 valence electrons. The minimum absolute atomic E-state index is 0.0837. The second-order valence-corrected chi connectivity index (χ2v) is 4.41. The molecule has 0 saturated heterocycles. The molecule has 0 fully saturated rings. The number of hydrogen-bond acceptors (Lipinski definition) is 4. The van der Waals surface area contributed by atoms with E-state index in [1.54, 1.807) is 11.8 Å². The largest absolute Gasteiger partial charge is 0.396 e. The van der Waals surface area contributed by atoms with Crippen LogP contribution in [0.2, 0.25) is 0 Å². The number of carbonyl (C=O) groups excluding carboxylic acids is 1. The quantitative estimate of drug-likeness (QED) is 0.556. The molecule has 0 aromatic heterocycles. The van der Waals surface area contributed by atoms with E-state index in [9.17, 15) is 4.79 Å². The molecule has 1 amide bonds. The Balaban J connectivity index is 3.61. The topological polar surface area (TPSA) is 75.4 Å². The lowest BCUT2D eigenvalue weighted by Crippen LogP contribution is -2.42. The van der Waals surface area contributed by atoms with Gasteiger partial charge in [0.05, 0.1) is 6.04 Å². The molecule has 0 aromatic carbocycles. The molecule has 1 unspecified atom stereocenters. The van der Waals surface area contributed by atoms with Gasteiger partial charge in [0.2, 0.25) is 5.91 Å². The van der Waals surface area contributed by atoms with Gasteiger partial charge in [-0.25, -0.2) is 0 Å². The summed E-state index contributed by atoms with van der Waals surface area (Å²) >= 11 is 1.68. The van der Waals surface area contributed by atoms with Crippen LogP contribution in [0.3, 0.4) is 0 Å². The summed E-state index contributed by atoms with van der Waals surface area (Å²) in [6.45, 7) is 2.44. The molecule has 0 aliphatic carbocycles. The number of aliphatic hydroxyl groups excluding tert-OH is 1. The van der Waals surface area contributed by atoms with Gasteiger partial charge in [0.1, 0.15) is 0 Å². The summed E-state index contributed by atoms with van der Waals surface area (Å²) in [5, 5.41) is 11.5. The third-order valence-electron chi connectivity index (χ3n) is 1.91. The number of nitrogens with one attached hydrogen (secondary N) is 1. The van der Waals surface area contributed by atoms with Crippen LogP contribution in [0.5, 0.6) is 0 Å². The minimum atomic E-state index is -0.423. The van der Waals surface area contributed by atoms with Crippen LogP contribution >= 0.6 is 11.8 Å². The van der Waals surface area contributed by atoms with Crippen LogP contribution < -0.4 is 11.1 Å². The predicted molar refractivity (Wildman–Crippen MR) is 60.2 cm³/mol. The Morgan fingerprint density at radius 2 is 2.29 bits per heavy atom. The lowest BCUT2D eigenvalue weighted by Gasteiger charge is -2.13. The summed E-state index contributed by atoms with van der Waals surface area (Å²) in [6.07, 6.45) is 2.68. The lowest BCUT2D eigenvalue weighted by molar-refractivity contribution is -0.122. The van der Waals surface area contributed by atoms with E-state index >= 15 is 0 Å². The average molecular weight is 220 g/mol. The van der Waals surface area contributed by atoms with E-state index in [2.05, 4.69) is 5.32 Å². The number of hydrogen-bond donors (Lipinski definition) is 3. The molecule has 0 saturated carbocycles.